The SMILES string of the molecule is Cc1cc(C=C2SC(=O)N(CC(=O)N3CCCCCC3)C2=O)c(C)n1-c1ccc(OCc2ccc(F)cc2)cc1. The van der Waals surface area contributed by atoms with Gasteiger partial charge in [-0.05, 0) is 98.1 Å². The Kier molecular flexibility index (Phi) is 8.40. The van der Waals surface area contributed by atoms with Gasteiger partial charge >= 0.3 is 0 Å². The predicted octanol–water partition coefficient (Wildman–Crippen LogP) is 6.25. The maximum atomic E-state index is 13.1. The van der Waals surface area contributed by atoms with Crippen LogP contribution in [0, 0.1) is 19.7 Å². The first kappa shape index (κ1) is 27.7. The van der Waals surface area contributed by atoms with E-state index in [4.69, 9.17) is 4.74 Å². The summed E-state index contributed by atoms with van der Waals surface area (Å²) in [5.74, 6) is -0.183. The van der Waals surface area contributed by atoms with E-state index in [9.17, 15) is 18.8 Å². The molecule has 7 nitrogen and oxygen atoms in total. The molecule has 2 aliphatic rings. The fourth-order valence-corrected chi connectivity index (χ4v) is 5.93. The van der Waals surface area contributed by atoms with Crippen molar-refractivity contribution in [2.45, 2.75) is 46.1 Å². The smallest absolute Gasteiger partial charge is 0.294 e. The number of hydrogen-bond donors (Lipinski definition) is 0. The number of aryl methyl sites for hydroxylation is 1. The zero-order chi connectivity index (χ0) is 28.2. The van der Waals surface area contributed by atoms with E-state index in [1.807, 2.05) is 44.2 Å². The highest BCUT2D eigenvalue weighted by Gasteiger charge is 2.37. The number of rotatable bonds is 7. The molecule has 40 heavy (non-hydrogen) atoms. The molecule has 0 atom stereocenters. The van der Waals surface area contributed by atoms with Gasteiger partial charge in [-0.2, -0.15) is 0 Å². The summed E-state index contributed by atoms with van der Waals surface area (Å²) >= 11 is 0.877. The molecule has 9 heteroatoms. The first-order valence-electron chi connectivity index (χ1n) is 13.5. The van der Waals surface area contributed by atoms with Crippen molar-refractivity contribution in [1.29, 1.82) is 0 Å². The molecule has 0 saturated carbocycles. The number of amides is 3. The minimum atomic E-state index is -0.425. The number of hydrogen-bond acceptors (Lipinski definition) is 5. The Morgan fingerprint density at radius 2 is 1.65 bits per heavy atom. The van der Waals surface area contributed by atoms with Crippen LogP contribution in [0.15, 0.2) is 59.5 Å². The number of benzene rings is 2. The maximum absolute atomic E-state index is 13.1. The number of aromatic nitrogens is 1. The molecule has 0 bridgehead atoms. The highest BCUT2D eigenvalue weighted by atomic mass is 32.2. The molecule has 2 aromatic carbocycles. The maximum Gasteiger partial charge on any atom is 0.294 e. The van der Waals surface area contributed by atoms with Crippen LogP contribution in [0.4, 0.5) is 9.18 Å². The molecule has 3 heterocycles. The van der Waals surface area contributed by atoms with Crippen LogP contribution in [-0.2, 0) is 16.2 Å². The fraction of sp³-hybridized carbons (Fsp3) is 0.323. The summed E-state index contributed by atoms with van der Waals surface area (Å²) in [6.45, 7) is 5.43. The lowest BCUT2D eigenvalue weighted by molar-refractivity contribution is -0.135. The first-order chi connectivity index (χ1) is 19.3. The second kappa shape index (κ2) is 12.1. The molecule has 3 amide bonds. The Balaban J connectivity index is 1.27. The molecule has 0 aliphatic carbocycles. The lowest BCUT2D eigenvalue weighted by atomic mass is 10.2. The summed E-state index contributed by atoms with van der Waals surface area (Å²) in [5.41, 5.74) is 4.53. The Morgan fingerprint density at radius 3 is 2.33 bits per heavy atom. The Labute approximate surface area is 237 Å². The zero-order valence-electron chi connectivity index (χ0n) is 22.7. The van der Waals surface area contributed by atoms with Crippen molar-refractivity contribution >= 4 is 34.9 Å². The molecule has 1 aromatic heterocycles. The Bertz CT molecular complexity index is 1440. The molecule has 2 saturated heterocycles. The van der Waals surface area contributed by atoms with Crippen molar-refractivity contribution in [2.24, 2.45) is 0 Å². The molecule has 208 valence electrons. The van der Waals surface area contributed by atoms with E-state index in [-0.39, 0.29) is 18.3 Å². The third-order valence-corrected chi connectivity index (χ3v) is 8.20. The standard InChI is InChI=1S/C31H32FN3O4S/c1-21-17-24(18-28-30(37)34(31(38)40-28)19-29(36)33-15-5-3-4-6-16-33)22(2)35(21)26-11-13-27(14-12-26)39-20-23-7-9-25(32)10-8-23/h7-14,17-18H,3-6,15-16,19-20H2,1-2H3. The van der Waals surface area contributed by atoms with Crippen LogP contribution >= 0.6 is 11.8 Å². The molecule has 2 aliphatic heterocycles. The van der Waals surface area contributed by atoms with Crippen LogP contribution in [0.5, 0.6) is 5.75 Å². The van der Waals surface area contributed by atoms with Crippen LogP contribution in [-0.4, -0.2) is 51.1 Å². The molecule has 3 aromatic rings. The van der Waals surface area contributed by atoms with E-state index in [0.29, 0.717) is 30.4 Å². The van der Waals surface area contributed by atoms with Gasteiger partial charge in [-0.15, -0.1) is 0 Å². The second-order valence-electron chi connectivity index (χ2n) is 10.1. The molecular formula is C31H32FN3O4S. The van der Waals surface area contributed by atoms with E-state index in [0.717, 1.165) is 70.5 Å². The van der Waals surface area contributed by atoms with Crippen molar-refractivity contribution in [3.63, 3.8) is 0 Å². The quantitative estimate of drug-likeness (QED) is 0.319. The lowest BCUT2D eigenvalue weighted by Gasteiger charge is -2.22. The number of carbonyl (C=O) groups is 3. The average molecular weight is 562 g/mol. The monoisotopic (exact) mass is 561 g/mol. The van der Waals surface area contributed by atoms with Gasteiger partial charge in [0.1, 0.15) is 24.7 Å². The molecular weight excluding hydrogens is 529 g/mol. The average Bonchev–Trinajstić information content (AvgIpc) is 3.21. The van der Waals surface area contributed by atoms with E-state index >= 15 is 0 Å². The van der Waals surface area contributed by atoms with Gasteiger partial charge in [0, 0.05) is 30.2 Å². The zero-order valence-corrected chi connectivity index (χ0v) is 23.5. The summed E-state index contributed by atoms with van der Waals surface area (Å²) in [6.07, 6.45) is 5.84. The van der Waals surface area contributed by atoms with Gasteiger partial charge < -0.3 is 14.2 Å². The van der Waals surface area contributed by atoms with E-state index < -0.39 is 11.1 Å². The highest BCUT2D eigenvalue weighted by Crippen LogP contribution is 2.34. The fourth-order valence-electron chi connectivity index (χ4n) is 5.10. The van der Waals surface area contributed by atoms with Gasteiger partial charge in [-0.3, -0.25) is 19.3 Å². The van der Waals surface area contributed by atoms with Crippen LogP contribution in [0.3, 0.4) is 0 Å². The van der Waals surface area contributed by atoms with Crippen LogP contribution in [0.1, 0.15) is 48.2 Å². The topological polar surface area (TPSA) is 71.9 Å². The molecule has 0 spiro atoms. The summed E-state index contributed by atoms with van der Waals surface area (Å²) in [4.78, 5) is 41.7. The third kappa shape index (κ3) is 6.14. The lowest BCUT2D eigenvalue weighted by Crippen LogP contribution is -2.42. The van der Waals surface area contributed by atoms with E-state index in [1.165, 1.54) is 12.1 Å². The van der Waals surface area contributed by atoms with Crippen molar-refractivity contribution < 1.29 is 23.5 Å². The van der Waals surface area contributed by atoms with Crippen molar-refractivity contribution in [2.75, 3.05) is 19.6 Å². The minimum absolute atomic E-state index is 0.172. The number of ether oxygens (including phenoxy) is 1. The van der Waals surface area contributed by atoms with Crippen molar-refractivity contribution in [3.05, 3.63) is 87.8 Å². The molecule has 0 unspecified atom stereocenters. The number of carbonyl (C=O) groups excluding carboxylic acids is 3. The molecule has 0 N–H and O–H groups in total. The number of thioether (sulfide) groups is 1. The molecule has 0 radical (unpaired) electrons. The number of likely N-dealkylation sites (tertiary alicyclic amines) is 1. The molecule has 5 rings (SSSR count). The Morgan fingerprint density at radius 1 is 0.975 bits per heavy atom. The third-order valence-electron chi connectivity index (χ3n) is 7.30. The van der Waals surface area contributed by atoms with Gasteiger partial charge in [0.05, 0.1) is 4.91 Å². The van der Waals surface area contributed by atoms with Crippen molar-refractivity contribution in [1.82, 2.24) is 14.4 Å². The minimum Gasteiger partial charge on any atom is -0.489 e. The van der Waals surface area contributed by atoms with Gasteiger partial charge in [0.15, 0.2) is 0 Å². The van der Waals surface area contributed by atoms with Gasteiger partial charge in [0.25, 0.3) is 11.1 Å². The molecule has 2 fully saturated rings. The first-order valence-corrected chi connectivity index (χ1v) is 14.3. The number of halogens is 1. The van der Waals surface area contributed by atoms with Gasteiger partial charge in [0.2, 0.25) is 5.91 Å². The summed E-state index contributed by atoms with van der Waals surface area (Å²) in [7, 11) is 0. The Hall–Kier alpha value is -3.85. The summed E-state index contributed by atoms with van der Waals surface area (Å²) < 4.78 is 21.0. The summed E-state index contributed by atoms with van der Waals surface area (Å²) in [5, 5.41) is -0.413. The van der Waals surface area contributed by atoms with Gasteiger partial charge in [-0.1, -0.05) is 25.0 Å². The summed E-state index contributed by atoms with van der Waals surface area (Å²) in [6, 6.07) is 15.8. The number of imide groups is 1. The van der Waals surface area contributed by atoms with Crippen LogP contribution < -0.4 is 4.74 Å². The normalized spacial score (nSPS) is 17.0. The number of nitrogens with zero attached hydrogens (tertiary/aromatic N) is 3. The van der Waals surface area contributed by atoms with Crippen LogP contribution in [0.2, 0.25) is 0 Å². The van der Waals surface area contributed by atoms with Gasteiger partial charge in [-0.25, -0.2) is 4.39 Å². The second-order valence-corrected chi connectivity index (χ2v) is 11.1. The van der Waals surface area contributed by atoms with E-state index in [1.54, 1.807) is 23.1 Å². The van der Waals surface area contributed by atoms with Crippen molar-refractivity contribution in [3.8, 4) is 11.4 Å². The van der Waals surface area contributed by atoms with E-state index in [2.05, 4.69) is 4.57 Å². The predicted molar refractivity (Wildman–Crippen MR) is 154 cm³/mol. The largest absolute Gasteiger partial charge is 0.489 e. The van der Waals surface area contributed by atoms with Crippen LogP contribution in [0.25, 0.3) is 11.8 Å². The highest BCUT2D eigenvalue weighted by molar-refractivity contribution is 8.18.